The van der Waals surface area contributed by atoms with Crippen LogP contribution in [0.1, 0.15) is 18.9 Å². The Labute approximate surface area is 151 Å². The summed E-state index contributed by atoms with van der Waals surface area (Å²) >= 11 is 0. The monoisotopic (exact) mass is 356 g/mol. The fourth-order valence-electron chi connectivity index (χ4n) is 4.00. The second kappa shape index (κ2) is 6.53. The van der Waals surface area contributed by atoms with Gasteiger partial charge in [0.25, 0.3) is 0 Å². The summed E-state index contributed by atoms with van der Waals surface area (Å²) in [7, 11) is 0. The largest absolute Gasteiger partial charge is 0.393 e. The number of amides is 2. The average Bonchev–Trinajstić information content (AvgIpc) is 2.83. The smallest absolute Gasteiger partial charge is 0.246 e. The topological polar surface area (TPSA) is 83.6 Å². The predicted octanol–water partition coefficient (Wildman–Crippen LogP) is 2.03. The van der Waals surface area contributed by atoms with Crippen LogP contribution in [0.4, 0.5) is 10.1 Å². The first-order valence-electron chi connectivity index (χ1n) is 8.37. The van der Waals surface area contributed by atoms with Crippen molar-refractivity contribution < 1.29 is 19.1 Å². The zero-order valence-corrected chi connectivity index (χ0v) is 14.5. The van der Waals surface area contributed by atoms with Gasteiger partial charge in [-0.1, -0.05) is 37.3 Å². The molecular formula is C20H21FN2O3. The molecule has 0 spiro atoms. The highest BCUT2D eigenvalue weighted by atomic mass is 19.1. The molecule has 1 aliphatic rings. The van der Waals surface area contributed by atoms with E-state index in [2.05, 4.69) is 0 Å². The van der Waals surface area contributed by atoms with Gasteiger partial charge >= 0.3 is 0 Å². The number of aliphatic hydroxyl groups excluding tert-OH is 1. The van der Waals surface area contributed by atoms with Crippen molar-refractivity contribution in [2.24, 2.45) is 11.1 Å². The van der Waals surface area contributed by atoms with Gasteiger partial charge in [-0.3, -0.25) is 14.5 Å². The third kappa shape index (κ3) is 2.66. The molecule has 26 heavy (non-hydrogen) atoms. The summed E-state index contributed by atoms with van der Waals surface area (Å²) < 4.78 is 13.3. The van der Waals surface area contributed by atoms with Crippen molar-refractivity contribution >= 4 is 17.5 Å². The van der Waals surface area contributed by atoms with Gasteiger partial charge in [0, 0.05) is 17.5 Å². The molecule has 136 valence electrons. The lowest BCUT2D eigenvalue weighted by Gasteiger charge is -2.44. The number of primary amides is 1. The van der Waals surface area contributed by atoms with E-state index in [1.165, 1.54) is 29.2 Å². The number of aliphatic hydroxyl groups is 1. The van der Waals surface area contributed by atoms with E-state index in [1.54, 1.807) is 6.92 Å². The highest BCUT2D eigenvalue weighted by molar-refractivity contribution is 6.08. The highest BCUT2D eigenvalue weighted by Gasteiger charge is 2.64. The van der Waals surface area contributed by atoms with Crippen LogP contribution in [-0.2, 0) is 16.0 Å². The van der Waals surface area contributed by atoms with Crippen LogP contribution in [0.25, 0.3) is 0 Å². The first-order valence-corrected chi connectivity index (χ1v) is 8.37. The van der Waals surface area contributed by atoms with Crippen molar-refractivity contribution in [3.05, 3.63) is 66.0 Å². The normalized spacial score (nSPS) is 25.5. The molecule has 2 unspecified atom stereocenters. The quantitative estimate of drug-likeness (QED) is 0.860. The summed E-state index contributed by atoms with van der Waals surface area (Å²) in [4.78, 5) is 26.6. The summed E-state index contributed by atoms with van der Waals surface area (Å²) in [5, 5.41) is 10.2. The highest BCUT2D eigenvalue weighted by Crippen LogP contribution is 2.50. The molecule has 0 aromatic heterocycles. The first kappa shape index (κ1) is 18.1. The van der Waals surface area contributed by atoms with Gasteiger partial charge in [-0.25, -0.2) is 4.39 Å². The second-order valence-electron chi connectivity index (χ2n) is 6.99. The van der Waals surface area contributed by atoms with Crippen LogP contribution in [0.5, 0.6) is 0 Å². The molecule has 2 atom stereocenters. The molecule has 5 nitrogen and oxygen atoms in total. The van der Waals surface area contributed by atoms with Crippen molar-refractivity contribution in [3.63, 3.8) is 0 Å². The van der Waals surface area contributed by atoms with Gasteiger partial charge in [0.15, 0.2) is 5.54 Å². The zero-order valence-electron chi connectivity index (χ0n) is 14.5. The van der Waals surface area contributed by atoms with Crippen LogP contribution in [-0.4, -0.2) is 29.1 Å². The summed E-state index contributed by atoms with van der Waals surface area (Å²) in [6, 6.07) is 14.7. The van der Waals surface area contributed by atoms with Crippen molar-refractivity contribution in [2.45, 2.75) is 25.3 Å². The summed E-state index contributed by atoms with van der Waals surface area (Å²) in [6.45, 7) is 1.16. The van der Waals surface area contributed by atoms with E-state index in [0.29, 0.717) is 12.1 Å². The second-order valence-corrected chi connectivity index (χ2v) is 6.99. The molecule has 0 saturated carbocycles. The third-order valence-corrected chi connectivity index (χ3v) is 5.33. The van der Waals surface area contributed by atoms with Crippen molar-refractivity contribution in [2.75, 3.05) is 11.5 Å². The van der Waals surface area contributed by atoms with E-state index in [1.807, 2.05) is 30.3 Å². The van der Waals surface area contributed by atoms with E-state index in [-0.39, 0.29) is 12.3 Å². The number of carbonyl (C=O) groups is 2. The van der Waals surface area contributed by atoms with Crippen molar-refractivity contribution in [1.82, 2.24) is 0 Å². The maximum Gasteiger partial charge on any atom is 0.246 e. The number of nitrogens with two attached hydrogens (primary N) is 1. The lowest BCUT2D eigenvalue weighted by Crippen LogP contribution is -2.65. The van der Waals surface area contributed by atoms with E-state index in [0.717, 1.165) is 5.56 Å². The number of carbonyl (C=O) groups excluding carboxylic acids is 2. The number of rotatable bonds is 5. The molecular weight excluding hydrogens is 335 g/mol. The molecule has 1 fully saturated rings. The van der Waals surface area contributed by atoms with Crippen LogP contribution in [0.2, 0.25) is 0 Å². The molecule has 0 radical (unpaired) electrons. The van der Waals surface area contributed by atoms with Gasteiger partial charge in [-0.15, -0.1) is 0 Å². The number of benzene rings is 2. The number of halogens is 1. The van der Waals surface area contributed by atoms with Crippen LogP contribution >= 0.6 is 0 Å². The maximum atomic E-state index is 13.3. The van der Waals surface area contributed by atoms with E-state index >= 15 is 0 Å². The minimum atomic E-state index is -1.61. The Morgan fingerprint density at radius 1 is 1.19 bits per heavy atom. The van der Waals surface area contributed by atoms with Crippen LogP contribution in [0.15, 0.2) is 54.6 Å². The van der Waals surface area contributed by atoms with Crippen LogP contribution < -0.4 is 10.6 Å². The average molecular weight is 356 g/mol. The fourth-order valence-corrected chi connectivity index (χ4v) is 4.00. The van der Waals surface area contributed by atoms with E-state index in [9.17, 15) is 19.1 Å². The number of anilines is 1. The van der Waals surface area contributed by atoms with Gasteiger partial charge in [-0.2, -0.15) is 0 Å². The minimum absolute atomic E-state index is 0.0444. The Kier molecular flexibility index (Phi) is 4.54. The third-order valence-electron chi connectivity index (χ3n) is 5.33. The maximum absolute atomic E-state index is 13.3. The standard InChI is InChI=1S/C20H21FN2O3/c1-19(11-14-5-3-2-4-6-14)12-17(25)23(20(19,13-24)18(22)26)16-9-7-15(21)8-10-16/h2-10,24H,11-13H2,1H3,(H2,22,26). The minimum Gasteiger partial charge on any atom is -0.393 e. The summed E-state index contributed by atoms with van der Waals surface area (Å²) in [5.74, 6) is -1.57. The Balaban J connectivity index is 2.12. The lowest BCUT2D eigenvalue weighted by atomic mass is 9.67. The van der Waals surface area contributed by atoms with Gasteiger partial charge in [0.1, 0.15) is 5.82 Å². The van der Waals surface area contributed by atoms with Gasteiger partial charge in [-0.05, 0) is 36.2 Å². The summed E-state index contributed by atoms with van der Waals surface area (Å²) in [6.07, 6.45) is 0.434. The molecule has 3 rings (SSSR count). The summed E-state index contributed by atoms with van der Waals surface area (Å²) in [5.41, 5.74) is 4.46. The van der Waals surface area contributed by atoms with E-state index < -0.39 is 29.3 Å². The first-order chi connectivity index (χ1) is 12.3. The van der Waals surface area contributed by atoms with Gasteiger partial charge in [0.05, 0.1) is 6.61 Å². The molecule has 1 saturated heterocycles. The number of nitrogens with zero attached hydrogens (tertiary/aromatic N) is 1. The molecule has 1 aliphatic heterocycles. The molecule has 2 aromatic rings. The van der Waals surface area contributed by atoms with E-state index in [4.69, 9.17) is 5.73 Å². The lowest BCUT2D eigenvalue weighted by molar-refractivity contribution is -0.129. The molecule has 6 heteroatoms. The zero-order chi connectivity index (χ0) is 18.9. The van der Waals surface area contributed by atoms with Crippen molar-refractivity contribution in [1.29, 1.82) is 0 Å². The van der Waals surface area contributed by atoms with Gasteiger partial charge < -0.3 is 10.8 Å². The fraction of sp³-hybridized carbons (Fsp3) is 0.300. The molecule has 0 aliphatic carbocycles. The van der Waals surface area contributed by atoms with Gasteiger partial charge in [0.2, 0.25) is 11.8 Å². The molecule has 2 amide bonds. The molecule has 1 heterocycles. The Morgan fingerprint density at radius 3 is 2.35 bits per heavy atom. The Hall–Kier alpha value is -2.73. The molecule has 0 bridgehead atoms. The Bertz CT molecular complexity index is 825. The van der Waals surface area contributed by atoms with Crippen LogP contribution in [0, 0.1) is 11.2 Å². The molecule has 2 aromatic carbocycles. The van der Waals surface area contributed by atoms with Crippen LogP contribution in [0.3, 0.4) is 0 Å². The predicted molar refractivity (Wildman–Crippen MR) is 95.8 cm³/mol. The molecule has 3 N–H and O–H groups in total. The van der Waals surface area contributed by atoms with Crippen molar-refractivity contribution in [3.8, 4) is 0 Å². The SMILES string of the molecule is CC1(Cc2ccccc2)CC(=O)N(c2ccc(F)cc2)C1(CO)C(N)=O. The Morgan fingerprint density at radius 2 is 1.81 bits per heavy atom. The number of hydrogen-bond donors (Lipinski definition) is 2. The number of hydrogen-bond acceptors (Lipinski definition) is 3.